The Morgan fingerprint density at radius 2 is 0.913 bits per heavy atom. The number of aliphatic carboxylic acids is 2. The number of hydrogen-bond acceptors (Lipinski definition) is 6. The highest BCUT2D eigenvalue weighted by Crippen LogP contribution is 1.88. The molecule has 0 aromatic carbocycles. The predicted molar refractivity (Wildman–Crippen MR) is 82.5 cm³/mol. The van der Waals surface area contributed by atoms with Crippen molar-refractivity contribution in [3.8, 4) is 0 Å². The molecule has 0 atom stereocenters. The topological polar surface area (TPSA) is 127 Å². The minimum atomic E-state index is -1.10. The van der Waals surface area contributed by atoms with Crippen LogP contribution < -0.4 is 0 Å². The third-order valence-corrected chi connectivity index (χ3v) is 1.62. The van der Waals surface area contributed by atoms with Crippen LogP contribution in [0.5, 0.6) is 0 Å². The summed E-state index contributed by atoms with van der Waals surface area (Å²) in [5, 5.41) is 16.0. The van der Waals surface area contributed by atoms with Gasteiger partial charge in [0.05, 0.1) is 0 Å². The van der Waals surface area contributed by atoms with Gasteiger partial charge in [-0.3, -0.25) is 0 Å². The summed E-state index contributed by atoms with van der Waals surface area (Å²) < 4.78 is 7.51. The number of hydrogen-bond donors (Lipinski definition) is 2. The van der Waals surface area contributed by atoms with E-state index in [0.29, 0.717) is 0 Å². The van der Waals surface area contributed by atoms with Crippen LogP contribution in [0.2, 0.25) is 0 Å². The maximum atomic E-state index is 10.3. The van der Waals surface area contributed by atoms with E-state index >= 15 is 0 Å². The first kappa shape index (κ1) is 25.4. The fourth-order valence-corrected chi connectivity index (χ4v) is 0.698. The molecule has 0 unspecified atom stereocenters. The summed E-state index contributed by atoms with van der Waals surface area (Å²) in [5.74, 6) is -3.67. The van der Waals surface area contributed by atoms with Crippen LogP contribution in [-0.2, 0) is 27.8 Å². The second kappa shape index (κ2) is 17.5. The van der Waals surface area contributed by atoms with Crippen LogP contribution in [0.15, 0.2) is 48.6 Å². The molecule has 0 rings (SSSR count). The van der Waals surface area contributed by atoms with Crippen molar-refractivity contribution in [2.24, 2.45) is 0 Å². The molecule has 0 amide bonds. The monoisotopic (exact) mass is 368 g/mol. The van der Waals surface area contributed by atoms with Crippen LogP contribution in [0.25, 0.3) is 0 Å². The summed E-state index contributed by atoms with van der Waals surface area (Å²) in [5.41, 5.74) is 0. The van der Waals surface area contributed by atoms with E-state index in [1.54, 1.807) is 0 Å². The summed E-state index contributed by atoms with van der Waals surface area (Å²) in [6.07, 6.45) is 8.50. The standard InChI is InChI=1S/C6H4Cl2O4.C6H6O4.CH4/c7-11-5(9)3-1-2-4-6(10)12-8;7-5(8)3-1-2-4-6(9)10;/h1-4H;1-4H,(H,7,8)(H,9,10);1H4/b;3-1-,4-2-;. The third kappa shape index (κ3) is 24.8. The Hall–Kier alpha value is -2.58. The fraction of sp³-hybridized carbons (Fsp3) is 0.0769. The molecule has 0 aliphatic carbocycles. The van der Waals surface area contributed by atoms with Crippen LogP contribution in [0.4, 0.5) is 0 Å². The zero-order chi connectivity index (χ0) is 17.4. The van der Waals surface area contributed by atoms with Crippen molar-refractivity contribution in [1.82, 2.24) is 0 Å². The summed E-state index contributed by atoms with van der Waals surface area (Å²) >= 11 is 9.37. The van der Waals surface area contributed by atoms with Gasteiger partial charge in [-0.1, -0.05) is 31.7 Å². The first-order valence-corrected chi connectivity index (χ1v) is 5.75. The molecule has 0 aliphatic heterocycles. The second-order valence-electron chi connectivity index (χ2n) is 2.91. The van der Waals surface area contributed by atoms with Crippen molar-refractivity contribution < 1.29 is 38.0 Å². The van der Waals surface area contributed by atoms with Crippen LogP contribution in [-0.4, -0.2) is 34.1 Å². The van der Waals surface area contributed by atoms with E-state index in [1.165, 1.54) is 12.2 Å². The molecule has 128 valence electrons. The molecule has 8 nitrogen and oxygen atoms in total. The van der Waals surface area contributed by atoms with Gasteiger partial charge in [0.1, 0.15) is 23.7 Å². The van der Waals surface area contributed by atoms with Gasteiger partial charge in [-0.2, -0.15) is 0 Å². The quantitative estimate of drug-likeness (QED) is 0.540. The number of halogens is 2. The average Bonchev–Trinajstić information content (AvgIpc) is 2.47. The number of carbonyl (C=O) groups excluding carboxylic acids is 2. The number of carbonyl (C=O) groups is 4. The molecular formula is C13H14Cl2O8. The normalized spacial score (nSPS) is 10.2. The van der Waals surface area contributed by atoms with Gasteiger partial charge in [-0.25, -0.2) is 19.2 Å². The molecule has 0 heterocycles. The zero-order valence-corrected chi connectivity index (χ0v) is 12.2. The fourth-order valence-electron chi connectivity index (χ4n) is 0.595. The Kier molecular flexibility index (Phi) is 19.3. The smallest absolute Gasteiger partial charge is 0.349 e. The van der Waals surface area contributed by atoms with E-state index in [0.717, 1.165) is 36.5 Å². The Bertz CT molecular complexity index is 460. The number of carboxylic acid groups (broad SMARTS) is 2. The van der Waals surface area contributed by atoms with E-state index in [4.69, 9.17) is 10.2 Å². The van der Waals surface area contributed by atoms with Crippen LogP contribution in [0.3, 0.4) is 0 Å². The van der Waals surface area contributed by atoms with Gasteiger partial charge in [0.25, 0.3) is 0 Å². The van der Waals surface area contributed by atoms with Crippen LogP contribution in [0.1, 0.15) is 7.43 Å². The molecular weight excluding hydrogens is 355 g/mol. The Morgan fingerprint density at radius 3 is 1.13 bits per heavy atom. The Morgan fingerprint density at radius 1 is 0.652 bits per heavy atom. The number of allylic oxidation sites excluding steroid dienone is 4. The predicted octanol–water partition coefficient (Wildman–Crippen LogP) is 2.40. The van der Waals surface area contributed by atoms with Gasteiger partial charge < -0.3 is 18.8 Å². The Labute approximate surface area is 142 Å². The maximum Gasteiger partial charge on any atom is 0.349 e. The van der Waals surface area contributed by atoms with Gasteiger partial charge in [0.15, 0.2) is 0 Å². The summed E-state index contributed by atoms with van der Waals surface area (Å²) in [7, 11) is 0. The molecule has 0 saturated heterocycles. The third-order valence-electron chi connectivity index (χ3n) is 1.32. The lowest BCUT2D eigenvalue weighted by Gasteiger charge is -1.83. The molecule has 0 fully saturated rings. The van der Waals surface area contributed by atoms with Crippen molar-refractivity contribution in [3.63, 3.8) is 0 Å². The molecule has 0 bridgehead atoms. The molecule has 0 aromatic heterocycles. The minimum absolute atomic E-state index is 0. The van der Waals surface area contributed by atoms with Gasteiger partial charge in [-0.15, -0.1) is 0 Å². The van der Waals surface area contributed by atoms with E-state index < -0.39 is 23.9 Å². The molecule has 0 aliphatic rings. The zero-order valence-electron chi connectivity index (χ0n) is 10.7. The molecule has 2 N–H and O–H groups in total. The average molecular weight is 369 g/mol. The minimum Gasteiger partial charge on any atom is -0.478 e. The highest BCUT2D eigenvalue weighted by molar-refractivity contribution is 6.15. The number of carboxylic acids is 2. The lowest BCUT2D eigenvalue weighted by atomic mass is 10.4. The van der Waals surface area contributed by atoms with Crippen molar-refractivity contribution in [3.05, 3.63) is 48.6 Å². The first-order valence-electron chi connectivity index (χ1n) is 5.14. The lowest BCUT2D eigenvalue weighted by Crippen LogP contribution is -1.89. The molecule has 0 spiro atoms. The molecule has 0 saturated carbocycles. The van der Waals surface area contributed by atoms with E-state index in [2.05, 4.69) is 32.3 Å². The van der Waals surface area contributed by atoms with Crippen molar-refractivity contribution in [1.29, 1.82) is 0 Å². The summed E-state index contributed by atoms with van der Waals surface area (Å²) in [4.78, 5) is 40.2. The van der Waals surface area contributed by atoms with Gasteiger partial charge in [-0.05, 0) is 0 Å². The first-order chi connectivity index (χ1) is 10.3. The van der Waals surface area contributed by atoms with E-state index in [-0.39, 0.29) is 7.43 Å². The molecule has 0 radical (unpaired) electrons. The number of rotatable bonds is 6. The Balaban J connectivity index is -0.000000338. The lowest BCUT2D eigenvalue weighted by molar-refractivity contribution is -0.132. The molecule has 23 heavy (non-hydrogen) atoms. The maximum absolute atomic E-state index is 10.3. The van der Waals surface area contributed by atoms with Crippen molar-refractivity contribution in [2.75, 3.05) is 0 Å². The highest BCUT2D eigenvalue weighted by atomic mass is 35.5. The van der Waals surface area contributed by atoms with Gasteiger partial charge >= 0.3 is 23.9 Å². The molecule has 10 heteroatoms. The van der Waals surface area contributed by atoms with Gasteiger partial charge in [0, 0.05) is 24.3 Å². The summed E-state index contributed by atoms with van der Waals surface area (Å²) in [6.45, 7) is 0. The van der Waals surface area contributed by atoms with Crippen LogP contribution >= 0.6 is 23.7 Å². The SMILES string of the molecule is C.O=C(C=CC=CC(=O)OCl)OCl.O=C(O)/C=C\C=C/C(=O)O. The van der Waals surface area contributed by atoms with E-state index in [9.17, 15) is 19.2 Å². The second-order valence-corrected chi connectivity index (χ2v) is 3.21. The van der Waals surface area contributed by atoms with Crippen molar-refractivity contribution in [2.45, 2.75) is 7.43 Å². The van der Waals surface area contributed by atoms with E-state index in [1.807, 2.05) is 0 Å². The largest absolute Gasteiger partial charge is 0.478 e. The highest BCUT2D eigenvalue weighted by Gasteiger charge is 1.92. The van der Waals surface area contributed by atoms with Crippen LogP contribution in [0, 0.1) is 0 Å². The summed E-state index contributed by atoms with van der Waals surface area (Å²) in [6, 6.07) is 0. The molecule has 0 aromatic rings. The van der Waals surface area contributed by atoms with Crippen molar-refractivity contribution >= 4 is 47.6 Å². The van der Waals surface area contributed by atoms with Gasteiger partial charge in [0.2, 0.25) is 0 Å².